The van der Waals surface area contributed by atoms with E-state index in [1.54, 1.807) is 0 Å². The fraction of sp³-hybridized carbons (Fsp3) is 1.00. The van der Waals surface area contributed by atoms with Crippen LogP contribution in [0.3, 0.4) is 0 Å². The van der Waals surface area contributed by atoms with E-state index < -0.39 is 35.2 Å². The summed E-state index contributed by atoms with van der Waals surface area (Å²) in [4.78, 5) is 0. The van der Waals surface area contributed by atoms with Crippen LogP contribution in [-0.4, -0.2) is 35.2 Å². The summed E-state index contributed by atoms with van der Waals surface area (Å²) in [6.07, 6.45) is -22.3. The summed E-state index contributed by atoms with van der Waals surface area (Å²) in [5.41, 5.74) is -7.79. The molecule has 0 rings (SSSR count). The Morgan fingerprint density at radius 1 is 0.450 bits per heavy atom. The SMILES string of the molecule is FC(F)(F)C(F)(F)C(F)(C(F)(F)F)C(F)(Cl)C(F)(F)F. The lowest BCUT2D eigenvalue weighted by atomic mass is 9.89. The highest BCUT2D eigenvalue weighted by Gasteiger charge is 2.93. The van der Waals surface area contributed by atoms with Crippen LogP contribution in [0.25, 0.3) is 0 Å². The van der Waals surface area contributed by atoms with Crippen LogP contribution in [0.15, 0.2) is 0 Å². The largest absolute Gasteiger partial charge is 0.457 e. The van der Waals surface area contributed by atoms with E-state index in [1.165, 1.54) is 0 Å². The van der Waals surface area contributed by atoms with Gasteiger partial charge in [-0.3, -0.25) is 0 Å². The van der Waals surface area contributed by atoms with E-state index in [2.05, 4.69) is 11.6 Å². The molecule has 0 fully saturated rings. The maximum atomic E-state index is 13.0. The molecule has 0 aromatic rings. The van der Waals surface area contributed by atoms with Crippen LogP contribution >= 0.6 is 11.6 Å². The lowest BCUT2D eigenvalue weighted by Crippen LogP contribution is -2.73. The fourth-order valence-corrected chi connectivity index (χ4v) is 1.17. The van der Waals surface area contributed by atoms with Gasteiger partial charge in [-0.2, -0.15) is 48.3 Å². The second-order valence-corrected chi connectivity index (χ2v) is 3.82. The molecule has 2 atom stereocenters. The summed E-state index contributed by atoms with van der Waals surface area (Å²) in [6.45, 7) is 0. The van der Waals surface area contributed by atoms with Gasteiger partial charge in [-0.15, -0.1) is 0 Å². The van der Waals surface area contributed by atoms with Crippen LogP contribution in [0.5, 0.6) is 0 Å². The van der Waals surface area contributed by atoms with Crippen molar-refractivity contribution in [2.75, 3.05) is 0 Å². The molecule has 0 spiro atoms. The average Bonchev–Trinajstić information content (AvgIpc) is 2.10. The molecule has 0 aliphatic carbocycles. The van der Waals surface area contributed by atoms with Crippen LogP contribution in [0, 0.1) is 0 Å². The van der Waals surface area contributed by atoms with Gasteiger partial charge in [0, 0.05) is 0 Å². The highest BCUT2D eigenvalue weighted by atomic mass is 35.5. The highest BCUT2D eigenvalue weighted by Crippen LogP contribution is 2.63. The smallest absolute Gasteiger partial charge is 0.221 e. The zero-order valence-corrected chi connectivity index (χ0v) is 9.05. The van der Waals surface area contributed by atoms with Crippen molar-refractivity contribution >= 4 is 11.6 Å². The molecule has 0 N–H and O–H groups in total. The van der Waals surface area contributed by atoms with Gasteiger partial charge in [0.1, 0.15) is 0 Å². The monoisotopic (exact) mass is 354 g/mol. The summed E-state index contributed by atoms with van der Waals surface area (Å²) < 4.78 is 157. The first-order valence-electron chi connectivity index (χ1n) is 3.90. The van der Waals surface area contributed by atoms with Gasteiger partial charge in [-0.25, -0.2) is 8.78 Å². The van der Waals surface area contributed by atoms with E-state index in [4.69, 9.17) is 0 Å². The molecule has 2 unspecified atom stereocenters. The Bertz CT molecular complexity index is 331. The van der Waals surface area contributed by atoms with Gasteiger partial charge in [-0.1, -0.05) is 11.6 Å². The van der Waals surface area contributed by atoms with E-state index in [9.17, 15) is 57.1 Å². The van der Waals surface area contributed by atoms with Crippen LogP contribution in [0.4, 0.5) is 57.1 Å². The summed E-state index contributed by atoms with van der Waals surface area (Å²) in [5, 5.41) is -7.07. The molecule has 122 valence electrons. The van der Waals surface area contributed by atoms with Crippen LogP contribution in [0.2, 0.25) is 0 Å². The molecule has 14 heteroatoms. The predicted molar refractivity (Wildman–Crippen MR) is 36.6 cm³/mol. The Balaban J connectivity index is 6.50. The van der Waals surface area contributed by atoms with E-state index in [1.807, 2.05) is 0 Å². The number of hydrogen-bond donors (Lipinski definition) is 0. The molecule has 0 radical (unpaired) electrons. The highest BCUT2D eigenvalue weighted by molar-refractivity contribution is 6.24. The summed E-state index contributed by atoms with van der Waals surface area (Å²) in [7, 11) is 0. The van der Waals surface area contributed by atoms with Gasteiger partial charge < -0.3 is 0 Å². The molecule has 0 saturated heterocycles. The third-order valence-electron chi connectivity index (χ3n) is 1.97. The van der Waals surface area contributed by atoms with Gasteiger partial charge in [0.2, 0.25) is 0 Å². The number of hydrogen-bond acceptors (Lipinski definition) is 0. The second-order valence-electron chi connectivity index (χ2n) is 3.30. The molecule has 0 saturated carbocycles. The van der Waals surface area contributed by atoms with Crippen LogP contribution < -0.4 is 0 Å². The zero-order chi connectivity index (χ0) is 17.0. The second kappa shape index (κ2) is 4.44. The Morgan fingerprint density at radius 3 is 0.900 bits per heavy atom. The Labute approximate surface area is 105 Å². The van der Waals surface area contributed by atoms with Gasteiger partial charge in [0.15, 0.2) is 0 Å². The maximum absolute atomic E-state index is 13.0. The topological polar surface area (TPSA) is 0 Å². The Kier molecular flexibility index (Phi) is 4.30. The molecule has 0 amide bonds. The predicted octanol–water partition coefficient (Wildman–Crippen LogP) is 4.92. The van der Waals surface area contributed by atoms with Crippen molar-refractivity contribution in [3.8, 4) is 0 Å². The van der Waals surface area contributed by atoms with Gasteiger partial charge >= 0.3 is 35.2 Å². The van der Waals surface area contributed by atoms with Crippen molar-refractivity contribution < 1.29 is 57.1 Å². The first-order chi connectivity index (χ1) is 8.25. The summed E-state index contributed by atoms with van der Waals surface area (Å²) in [6, 6.07) is 0. The molecule has 0 aliphatic heterocycles. The summed E-state index contributed by atoms with van der Waals surface area (Å²) >= 11 is 3.43. The van der Waals surface area contributed by atoms with E-state index in [0.717, 1.165) is 0 Å². The van der Waals surface area contributed by atoms with E-state index in [0.29, 0.717) is 0 Å². The third-order valence-corrected chi connectivity index (χ3v) is 2.44. The minimum atomic E-state index is -7.80. The van der Waals surface area contributed by atoms with Gasteiger partial charge in [0.25, 0.3) is 0 Å². The van der Waals surface area contributed by atoms with Crippen molar-refractivity contribution in [2.45, 2.75) is 35.2 Å². The quantitative estimate of drug-likeness (QED) is 0.488. The minimum Gasteiger partial charge on any atom is -0.221 e. The normalized spacial score (nSPS) is 21.3. The lowest BCUT2D eigenvalue weighted by Gasteiger charge is -2.41. The first kappa shape index (κ1) is 19.4. The average molecular weight is 354 g/mol. The van der Waals surface area contributed by atoms with Gasteiger partial charge in [0.05, 0.1) is 0 Å². The number of halogens is 14. The molecule has 20 heavy (non-hydrogen) atoms. The third kappa shape index (κ3) is 2.37. The summed E-state index contributed by atoms with van der Waals surface area (Å²) in [5.74, 6) is -7.80. The van der Waals surface area contributed by atoms with E-state index in [-0.39, 0.29) is 0 Å². The van der Waals surface area contributed by atoms with Gasteiger partial charge in [-0.05, 0) is 0 Å². The van der Waals surface area contributed by atoms with Crippen molar-refractivity contribution in [1.82, 2.24) is 0 Å². The van der Waals surface area contributed by atoms with E-state index >= 15 is 0 Å². The maximum Gasteiger partial charge on any atom is 0.457 e. The fourth-order valence-electron chi connectivity index (χ4n) is 0.944. The van der Waals surface area contributed by atoms with Crippen molar-refractivity contribution in [2.24, 2.45) is 0 Å². The molecular weight excluding hydrogens is 354 g/mol. The molecule has 0 aromatic heterocycles. The van der Waals surface area contributed by atoms with Crippen molar-refractivity contribution in [3.63, 3.8) is 0 Å². The Morgan fingerprint density at radius 2 is 0.750 bits per heavy atom. The zero-order valence-electron chi connectivity index (χ0n) is 8.29. The van der Waals surface area contributed by atoms with Crippen molar-refractivity contribution in [1.29, 1.82) is 0 Å². The van der Waals surface area contributed by atoms with Crippen molar-refractivity contribution in [3.05, 3.63) is 0 Å². The standard InChI is InChI=1S/C6ClF13/c7-2(9,5(15,16)17)1(8,4(12,13)14)3(10,11)6(18,19)20. The molecule has 0 nitrogen and oxygen atoms in total. The molecular formula is C6ClF13. The molecule has 0 heterocycles. The first-order valence-corrected chi connectivity index (χ1v) is 4.27. The van der Waals surface area contributed by atoms with Crippen LogP contribution in [0.1, 0.15) is 0 Å². The van der Waals surface area contributed by atoms with Crippen LogP contribution in [-0.2, 0) is 0 Å². The number of rotatable bonds is 2. The number of alkyl halides is 14. The molecule has 0 aromatic carbocycles. The Hall–Kier alpha value is -0.620. The molecule has 0 aliphatic rings. The lowest BCUT2D eigenvalue weighted by molar-refractivity contribution is -0.420. The minimum absolute atomic E-state index is 3.43. The molecule has 0 bridgehead atoms.